The van der Waals surface area contributed by atoms with Crippen molar-refractivity contribution in [3.05, 3.63) is 29.8 Å². The fourth-order valence-electron chi connectivity index (χ4n) is 3.44. The Morgan fingerprint density at radius 1 is 1.10 bits per heavy atom. The highest BCUT2D eigenvalue weighted by atomic mass is 127. The first-order valence-electron chi connectivity index (χ1n) is 10.3. The number of rotatable bonds is 11. The van der Waals surface area contributed by atoms with Gasteiger partial charge >= 0.3 is 0 Å². The smallest absolute Gasteiger partial charge is 0.191 e. The fraction of sp³-hybridized carbons (Fsp3) is 0.682. The van der Waals surface area contributed by atoms with Crippen molar-refractivity contribution in [2.75, 3.05) is 47.9 Å². The monoisotopic (exact) mass is 519 g/mol. The van der Waals surface area contributed by atoms with Crippen LogP contribution in [0.15, 0.2) is 29.3 Å². The second-order valence-corrected chi connectivity index (χ2v) is 7.91. The van der Waals surface area contributed by atoms with Crippen LogP contribution in [0.2, 0.25) is 0 Å². The lowest BCUT2D eigenvalue weighted by Gasteiger charge is -2.30. The largest absolute Gasteiger partial charge is 0.497 e. The molecule has 0 bridgehead atoms. The van der Waals surface area contributed by atoms with E-state index in [-0.39, 0.29) is 30.0 Å². The quantitative estimate of drug-likeness (QED) is 0.203. The van der Waals surface area contributed by atoms with E-state index in [9.17, 15) is 0 Å². The van der Waals surface area contributed by atoms with Gasteiger partial charge in [0.25, 0.3) is 0 Å². The molecule has 1 aromatic rings. The molecule has 1 aromatic carbocycles. The maximum atomic E-state index is 5.37. The number of benzene rings is 1. The Hall–Kier alpha value is -1.06. The van der Waals surface area contributed by atoms with Crippen molar-refractivity contribution in [3.8, 4) is 5.75 Å². The Morgan fingerprint density at radius 2 is 1.76 bits per heavy atom. The zero-order valence-electron chi connectivity index (χ0n) is 19.5. The highest BCUT2D eigenvalue weighted by Gasteiger charge is 2.16. The lowest BCUT2D eigenvalue weighted by Crippen LogP contribution is -2.43. The number of guanidine groups is 1. The van der Waals surface area contributed by atoms with E-state index in [4.69, 9.17) is 4.74 Å². The SMILES string of the molecule is CN=C(NCCCN(C(C)C)C(C)C)NCC(c1cccc(OC)c1)N(C)C.I. The molecule has 6 nitrogen and oxygen atoms in total. The van der Waals surface area contributed by atoms with Crippen LogP contribution in [0.3, 0.4) is 0 Å². The molecule has 0 aliphatic carbocycles. The topological polar surface area (TPSA) is 52.1 Å². The van der Waals surface area contributed by atoms with Crippen molar-refractivity contribution >= 4 is 29.9 Å². The molecule has 0 radical (unpaired) electrons. The second kappa shape index (κ2) is 14.8. The normalized spacial score (nSPS) is 13.0. The lowest BCUT2D eigenvalue weighted by atomic mass is 10.1. The molecule has 1 unspecified atom stereocenters. The summed E-state index contributed by atoms with van der Waals surface area (Å²) in [5.41, 5.74) is 1.22. The van der Waals surface area contributed by atoms with E-state index in [1.165, 1.54) is 5.56 Å². The number of nitrogens with one attached hydrogen (secondary N) is 2. The van der Waals surface area contributed by atoms with Gasteiger partial charge in [-0.05, 0) is 65.9 Å². The molecular weight excluding hydrogens is 477 g/mol. The molecule has 29 heavy (non-hydrogen) atoms. The molecule has 0 amide bonds. The van der Waals surface area contributed by atoms with E-state index < -0.39 is 0 Å². The Labute approximate surface area is 195 Å². The Kier molecular flexibility index (Phi) is 14.3. The first kappa shape index (κ1) is 27.9. The van der Waals surface area contributed by atoms with Crippen LogP contribution in [0, 0.1) is 0 Å². The molecular formula is C22H42IN5O. The van der Waals surface area contributed by atoms with Gasteiger partial charge in [-0.15, -0.1) is 24.0 Å². The average Bonchev–Trinajstić information content (AvgIpc) is 2.65. The average molecular weight is 520 g/mol. The van der Waals surface area contributed by atoms with E-state index in [1.54, 1.807) is 7.11 Å². The van der Waals surface area contributed by atoms with Crippen LogP contribution < -0.4 is 15.4 Å². The molecule has 1 atom stereocenters. The number of halogens is 1. The van der Waals surface area contributed by atoms with Crippen LogP contribution in [0.4, 0.5) is 0 Å². The predicted molar refractivity (Wildman–Crippen MR) is 136 cm³/mol. The zero-order valence-corrected chi connectivity index (χ0v) is 21.9. The number of aliphatic imine (C=N–C) groups is 1. The van der Waals surface area contributed by atoms with Crippen molar-refractivity contribution in [1.82, 2.24) is 20.4 Å². The Bertz CT molecular complexity index is 584. The third-order valence-electron chi connectivity index (χ3n) is 5.00. The summed E-state index contributed by atoms with van der Waals surface area (Å²) < 4.78 is 5.37. The molecule has 0 aliphatic rings. The summed E-state index contributed by atoms with van der Waals surface area (Å²) in [5, 5.41) is 6.90. The van der Waals surface area contributed by atoms with Crippen LogP contribution >= 0.6 is 24.0 Å². The first-order valence-corrected chi connectivity index (χ1v) is 10.3. The molecule has 1 rings (SSSR count). The number of nitrogens with zero attached hydrogens (tertiary/aromatic N) is 3. The van der Waals surface area contributed by atoms with Crippen LogP contribution in [0.1, 0.15) is 45.7 Å². The van der Waals surface area contributed by atoms with Gasteiger partial charge < -0.3 is 20.3 Å². The summed E-state index contributed by atoms with van der Waals surface area (Å²) in [6.07, 6.45) is 1.09. The fourth-order valence-corrected chi connectivity index (χ4v) is 3.44. The highest BCUT2D eigenvalue weighted by molar-refractivity contribution is 14.0. The van der Waals surface area contributed by atoms with E-state index in [0.29, 0.717) is 12.1 Å². The molecule has 7 heteroatoms. The number of methoxy groups -OCH3 is 1. The summed E-state index contributed by atoms with van der Waals surface area (Å²) in [6, 6.07) is 9.61. The minimum atomic E-state index is 0. The van der Waals surface area contributed by atoms with E-state index >= 15 is 0 Å². The van der Waals surface area contributed by atoms with E-state index in [2.05, 4.69) is 79.3 Å². The van der Waals surface area contributed by atoms with E-state index in [1.807, 2.05) is 19.2 Å². The van der Waals surface area contributed by atoms with Gasteiger partial charge in [-0.3, -0.25) is 9.89 Å². The van der Waals surface area contributed by atoms with Gasteiger partial charge in [0.15, 0.2) is 5.96 Å². The predicted octanol–water partition coefficient (Wildman–Crippen LogP) is 3.59. The number of hydrogen-bond acceptors (Lipinski definition) is 4. The molecule has 0 heterocycles. The standard InChI is InChI=1S/C22H41N5O.HI/c1-17(2)27(18(3)4)14-10-13-24-22(23-5)25-16-21(26(6)7)19-11-9-12-20(15-19)28-8;/h9,11-12,15,17-18,21H,10,13-14,16H2,1-8H3,(H2,23,24,25);1H. The molecule has 0 spiro atoms. The van der Waals surface area contributed by atoms with Gasteiger partial charge in [-0.25, -0.2) is 0 Å². The second-order valence-electron chi connectivity index (χ2n) is 7.91. The van der Waals surface area contributed by atoms with E-state index in [0.717, 1.165) is 37.8 Å². The number of ether oxygens (including phenoxy) is 1. The number of hydrogen-bond donors (Lipinski definition) is 2. The molecule has 0 aliphatic heterocycles. The zero-order chi connectivity index (χ0) is 21.1. The minimum Gasteiger partial charge on any atom is -0.497 e. The van der Waals surface area contributed by atoms with Crippen LogP contribution in [0.25, 0.3) is 0 Å². The van der Waals surface area contributed by atoms with Gasteiger partial charge in [0.2, 0.25) is 0 Å². The van der Waals surface area contributed by atoms with Gasteiger partial charge in [0, 0.05) is 38.8 Å². The van der Waals surface area contributed by atoms with Gasteiger partial charge in [0.05, 0.1) is 13.2 Å². The third kappa shape index (κ3) is 10.00. The summed E-state index contributed by atoms with van der Waals surface area (Å²) in [6.45, 7) is 11.8. The highest BCUT2D eigenvalue weighted by Crippen LogP contribution is 2.22. The molecule has 2 N–H and O–H groups in total. The lowest BCUT2D eigenvalue weighted by molar-refractivity contribution is 0.173. The summed E-state index contributed by atoms with van der Waals surface area (Å²) in [7, 11) is 7.70. The van der Waals surface area contributed by atoms with Crippen molar-refractivity contribution in [1.29, 1.82) is 0 Å². The van der Waals surface area contributed by atoms with Crippen LogP contribution in [-0.4, -0.2) is 75.7 Å². The van der Waals surface area contributed by atoms with Gasteiger partial charge in [-0.1, -0.05) is 12.1 Å². The van der Waals surface area contributed by atoms with Gasteiger partial charge in [-0.2, -0.15) is 0 Å². The minimum absolute atomic E-state index is 0. The third-order valence-corrected chi connectivity index (χ3v) is 5.00. The van der Waals surface area contributed by atoms with Crippen molar-refractivity contribution in [2.45, 2.75) is 52.2 Å². The van der Waals surface area contributed by atoms with Crippen LogP contribution in [-0.2, 0) is 0 Å². The van der Waals surface area contributed by atoms with Gasteiger partial charge in [0.1, 0.15) is 5.75 Å². The molecule has 0 fully saturated rings. The van der Waals surface area contributed by atoms with Crippen LogP contribution in [0.5, 0.6) is 5.75 Å². The van der Waals surface area contributed by atoms with Crippen molar-refractivity contribution < 1.29 is 4.74 Å². The Morgan fingerprint density at radius 3 is 2.28 bits per heavy atom. The molecule has 0 saturated carbocycles. The van der Waals surface area contributed by atoms with Crippen molar-refractivity contribution in [3.63, 3.8) is 0 Å². The summed E-state index contributed by atoms with van der Waals surface area (Å²) in [4.78, 5) is 9.09. The number of likely N-dealkylation sites (N-methyl/N-ethyl adjacent to an activating group) is 1. The summed E-state index contributed by atoms with van der Waals surface area (Å²) >= 11 is 0. The molecule has 168 valence electrons. The molecule has 0 saturated heterocycles. The van der Waals surface area contributed by atoms with Crippen molar-refractivity contribution in [2.24, 2.45) is 4.99 Å². The molecule has 0 aromatic heterocycles. The summed E-state index contributed by atoms with van der Waals surface area (Å²) in [5.74, 6) is 1.72. The maximum Gasteiger partial charge on any atom is 0.191 e. The Balaban J connectivity index is 0.00000784. The maximum absolute atomic E-state index is 5.37. The first-order chi connectivity index (χ1) is 13.3.